The summed E-state index contributed by atoms with van der Waals surface area (Å²) in [5.74, 6) is -0.802. The van der Waals surface area contributed by atoms with Crippen molar-refractivity contribution in [3.8, 4) is 0 Å². The maximum absolute atomic E-state index is 12.7. The summed E-state index contributed by atoms with van der Waals surface area (Å²) >= 11 is 0. The quantitative estimate of drug-likeness (QED) is 0.702. The fourth-order valence-corrected chi connectivity index (χ4v) is 3.41. The molecule has 0 saturated carbocycles. The van der Waals surface area contributed by atoms with Crippen LogP contribution in [0.5, 0.6) is 0 Å². The van der Waals surface area contributed by atoms with Crippen molar-refractivity contribution in [1.82, 2.24) is 4.57 Å². The number of carboxylic acid groups (broad SMARTS) is 1. The van der Waals surface area contributed by atoms with Crippen LogP contribution in [0, 0.1) is 13.8 Å². The minimum absolute atomic E-state index is 0.0516. The van der Waals surface area contributed by atoms with Crippen molar-refractivity contribution in [3.05, 3.63) is 35.0 Å². The maximum atomic E-state index is 12.7. The Kier molecular flexibility index (Phi) is 6.18. The number of nitrogens with zero attached hydrogens (tertiary/aromatic N) is 1. The average molecular weight is 329 g/mol. The molecule has 0 amide bonds. The summed E-state index contributed by atoms with van der Waals surface area (Å²) in [5.41, 5.74) is 3.37. The van der Waals surface area contributed by atoms with E-state index in [1.807, 2.05) is 32.0 Å². The first-order chi connectivity index (χ1) is 11.5. The number of hydrogen-bond acceptors (Lipinski definition) is 2. The predicted octanol–water partition coefficient (Wildman–Crippen LogP) is 4.89. The van der Waals surface area contributed by atoms with Crippen molar-refractivity contribution in [2.45, 2.75) is 65.7 Å². The summed E-state index contributed by atoms with van der Waals surface area (Å²) in [6.07, 6.45) is 5.98. The van der Waals surface area contributed by atoms with Gasteiger partial charge in [0, 0.05) is 17.5 Å². The second-order valence-electron chi connectivity index (χ2n) is 6.50. The summed E-state index contributed by atoms with van der Waals surface area (Å²) in [5, 5.41) is 10.1. The van der Waals surface area contributed by atoms with E-state index in [1.54, 1.807) is 4.57 Å². The van der Waals surface area contributed by atoms with Crippen molar-refractivity contribution in [2.24, 2.45) is 0 Å². The summed E-state index contributed by atoms with van der Waals surface area (Å²) in [7, 11) is 0. The largest absolute Gasteiger partial charge is 0.481 e. The molecule has 0 spiro atoms. The van der Waals surface area contributed by atoms with Crippen LogP contribution in [-0.2, 0) is 11.2 Å². The molecule has 0 aliphatic carbocycles. The molecule has 4 nitrogen and oxygen atoms in total. The number of benzene rings is 1. The van der Waals surface area contributed by atoms with E-state index < -0.39 is 5.97 Å². The molecule has 0 aliphatic rings. The molecule has 4 heteroatoms. The lowest BCUT2D eigenvalue weighted by atomic mass is 10.0. The van der Waals surface area contributed by atoms with Crippen LogP contribution in [0.15, 0.2) is 18.2 Å². The molecule has 0 saturated heterocycles. The Morgan fingerprint density at radius 1 is 1.08 bits per heavy atom. The minimum atomic E-state index is -0.868. The lowest BCUT2D eigenvalue weighted by Crippen LogP contribution is -2.12. The second-order valence-corrected chi connectivity index (χ2v) is 6.50. The fraction of sp³-hybridized carbons (Fsp3) is 0.500. The van der Waals surface area contributed by atoms with E-state index in [2.05, 4.69) is 6.92 Å². The molecule has 1 heterocycles. The highest BCUT2D eigenvalue weighted by atomic mass is 16.4. The molecule has 2 aromatic rings. The molecule has 1 N–H and O–H groups in total. The smallest absolute Gasteiger partial charge is 0.307 e. The first-order valence-electron chi connectivity index (χ1n) is 8.81. The molecule has 0 unspecified atom stereocenters. The van der Waals surface area contributed by atoms with Gasteiger partial charge in [-0.05, 0) is 37.5 Å². The first kappa shape index (κ1) is 18.2. The third-order valence-electron chi connectivity index (χ3n) is 4.64. The highest BCUT2D eigenvalue weighted by Crippen LogP contribution is 2.29. The molecular formula is C20H27NO3. The van der Waals surface area contributed by atoms with E-state index in [4.69, 9.17) is 0 Å². The lowest BCUT2D eigenvalue weighted by molar-refractivity contribution is -0.136. The number of aryl methyl sites for hydroxylation is 1. The fourth-order valence-electron chi connectivity index (χ4n) is 3.41. The van der Waals surface area contributed by atoms with Gasteiger partial charge in [0.1, 0.15) is 0 Å². The zero-order chi connectivity index (χ0) is 17.7. The third-order valence-corrected chi connectivity index (χ3v) is 4.64. The monoisotopic (exact) mass is 329 g/mol. The number of unbranched alkanes of at least 4 members (excludes halogenated alkanes) is 4. The van der Waals surface area contributed by atoms with E-state index in [9.17, 15) is 14.7 Å². The van der Waals surface area contributed by atoms with E-state index in [-0.39, 0.29) is 12.3 Å². The molecule has 0 radical (unpaired) electrons. The molecule has 24 heavy (non-hydrogen) atoms. The number of fused-ring (bicyclic) bond motifs is 1. The van der Waals surface area contributed by atoms with Gasteiger partial charge in [0.15, 0.2) is 0 Å². The Bertz CT molecular complexity index is 743. The van der Waals surface area contributed by atoms with Crippen molar-refractivity contribution in [3.63, 3.8) is 0 Å². The molecule has 1 aromatic carbocycles. The molecule has 0 aliphatic heterocycles. The van der Waals surface area contributed by atoms with E-state index in [0.29, 0.717) is 6.42 Å². The van der Waals surface area contributed by atoms with E-state index in [0.717, 1.165) is 40.6 Å². The zero-order valence-corrected chi connectivity index (χ0v) is 14.9. The van der Waals surface area contributed by atoms with E-state index >= 15 is 0 Å². The summed E-state index contributed by atoms with van der Waals surface area (Å²) < 4.78 is 1.72. The molecule has 130 valence electrons. The number of carbonyl (C=O) groups is 2. The number of rotatable bonds is 8. The van der Waals surface area contributed by atoms with Crippen LogP contribution < -0.4 is 0 Å². The zero-order valence-electron chi connectivity index (χ0n) is 14.9. The topological polar surface area (TPSA) is 59.3 Å². The summed E-state index contributed by atoms with van der Waals surface area (Å²) in [6.45, 7) is 5.99. The molecular weight excluding hydrogens is 302 g/mol. The molecule has 0 atom stereocenters. The van der Waals surface area contributed by atoms with Crippen molar-refractivity contribution >= 4 is 22.8 Å². The first-order valence-corrected chi connectivity index (χ1v) is 8.81. The van der Waals surface area contributed by atoms with Gasteiger partial charge >= 0.3 is 5.97 Å². The number of hydrogen-bond donors (Lipinski definition) is 1. The van der Waals surface area contributed by atoms with Gasteiger partial charge < -0.3 is 5.11 Å². The van der Waals surface area contributed by atoms with Gasteiger partial charge in [0.25, 0.3) is 0 Å². The van der Waals surface area contributed by atoms with Crippen LogP contribution in [0.3, 0.4) is 0 Å². The SMILES string of the molecule is CCCCCCCC(=O)n1c(C)c(CC(=O)O)c2c(C)cccc21. The summed E-state index contributed by atoms with van der Waals surface area (Å²) in [6, 6.07) is 5.80. The Balaban J connectivity index is 2.32. The highest BCUT2D eigenvalue weighted by Gasteiger charge is 2.21. The number of carbonyl (C=O) groups excluding carboxylic acids is 1. The van der Waals surface area contributed by atoms with Crippen molar-refractivity contribution in [1.29, 1.82) is 0 Å². The molecule has 0 fully saturated rings. The van der Waals surface area contributed by atoms with Crippen LogP contribution >= 0.6 is 0 Å². The Morgan fingerprint density at radius 2 is 1.79 bits per heavy atom. The lowest BCUT2D eigenvalue weighted by Gasteiger charge is -2.07. The normalized spacial score (nSPS) is 11.1. The second kappa shape index (κ2) is 8.13. The van der Waals surface area contributed by atoms with Crippen LogP contribution in [0.25, 0.3) is 10.9 Å². The van der Waals surface area contributed by atoms with Gasteiger partial charge in [-0.2, -0.15) is 0 Å². The van der Waals surface area contributed by atoms with Gasteiger partial charge in [0.05, 0.1) is 11.9 Å². The van der Waals surface area contributed by atoms with Gasteiger partial charge in [-0.25, -0.2) is 0 Å². The number of aromatic nitrogens is 1. The summed E-state index contributed by atoms with van der Waals surface area (Å²) in [4.78, 5) is 24.0. The van der Waals surface area contributed by atoms with Crippen LogP contribution in [0.1, 0.15) is 67.1 Å². The van der Waals surface area contributed by atoms with Crippen LogP contribution in [-0.4, -0.2) is 21.6 Å². The Labute approximate surface area is 143 Å². The van der Waals surface area contributed by atoms with Crippen molar-refractivity contribution in [2.75, 3.05) is 0 Å². The molecule has 2 rings (SSSR count). The van der Waals surface area contributed by atoms with Gasteiger partial charge in [-0.1, -0.05) is 44.7 Å². The van der Waals surface area contributed by atoms with E-state index in [1.165, 1.54) is 19.3 Å². The standard InChI is InChI=1S/C20H27NO3/c1-4-5-6-7-8-12-18(22)21-15(3)16(13-19(23)24)20-14(2)10-9-11-17(20)21/h9-11H,4-8,12-13H2,1-3H3,(H,23,24). The van der Waals surface area contributed by atoms with Gasteiger partial charge in [-0.15, -0.1) is 0 Å². The molecule has 1 aromatic heterocycles. The Hall–Kier alpha value is -2.10. The van der Waals surface area contributed by atoms with Crippen LogP contribution in [0.4, 0.5) is 0 Å². The van der Waals surface area contributed by atoms with Crippen molar-refractivity contribution < 1.29 is 14.7 Å². The average Bonchev–Trinajstić information content (AvgIpc) is 2.80. The van der Waals surface area contributed by atoms with Crippen LogP contribution in [0.2, 0.25) is 0 Å². The molecule has 0 bridgehead atoms. The highest BCUT2D eigenvalue weighted by molar-refractivity contribution is 5.99. The number of carboxylic acids is 1. The van der Waals surface area contributed by atoms with Gasteiger partial charge in [0.2, 0.25) is 5.91 Å². The maximum Gasteiger partial charge on any atom is 0.307 e. The van der Waals surface area contributed by atoms with Gasteiger partial charge in [-0.3, -0.25) is 14.2 Å². The number of aliphatic carboxylic acids is 1. The minimum Gasteiger partial charge on any atom is -0.481 e. The third kappa shape index (κ3) is 3.86. The Morgan fingerprint density at radius 3 is 2.46 bits per heavy atom. The predicted molar refractivity (Wildman–Crippen MR) is 96.8 cm³/mol.